The highest BCUT2D eigenvalue weighted by molar-refractivity contribution is 7.86. The van der Waals surface area contributed by atoms with Crippen LogP contribution < -0.4 is 14.4 Å². The van der Waals surface area contributed by atoms with Crippen molar-refractivity contribution in [2.75, 3.05) is 30.8 Å². The van der Waals surface area contributed by atoms with Crippen LogP contribution >= 0.6 is 0 Å². The van der Waals surface area contributed by atoms with Crippen molar-refractivity contribution in [1.82, 2.24) is 20.2 Å². The second-order valence-corrected chi connectivity index (χ2v) is 12.6. The van der Waals surface area contributed by atoms with Gasteiger partial charge in [0.25, 0.3) is 5.91 Å². The summed E-state index contributed by atoms with van der Waals surface area (Å²) in [7, 11) is -3.58. The lowest BCUT2D eigenvalue weighted by Gasteiger charge is -2.40. The molecule has 0 aliphatic carbocycles. The lowest BCUT2D eigenvalue weighted by Crippen LogP contribution is -2.46. The van der Waals surface area contributed by atoms with Crippen LogP contribution in [0.4, 0.5) is 5.69 Å². The molecule has 2 aromatic heterocycles. The maximum atomic E-state index is 12.9. The van der Waals surface area contributed by atoms with Crippen molar-refractivity contribution in [2.45, 2.75) is 65.6 Å². The fourth-order valence-corrected chi connectivity index (χ4v) is 5.84. The molecule has 1 N–H and O–H groups in total. The van der Waals surface area contributed by atoms with Crippen LogP contribution in [0.2, 0.25) is 0 Å². The number of carbonyl (C=O) groups is 1. The average molecular weight is 580 g/mol. The van der Waals surface area contributed by atoms with Crippen molar-refractivity contribution < 1.29 is 17.4 Å². The van der Waals surface area contributed by atoms with Gasteiger partial charge in [-0.2, -0.15) is 8.42 Å². The molecule has 0 bridgehead atoms. The van der Waals surface area contributed by atoms with Crippen molar-refractivity contribution in [1.29, 1.82) is 0 Å². The molecule has 1 aromatic carbocycles. The standard InChI is InChI=1S/C31H41N5O4S/c1-22-10-15-32-20-26(22)21-36(27-6-8-29(9-7-27)40-41(5,38)39)28-13-18-35(19-14-28)17-12-24(3)34-31(37)30-23(2)11-16-33-25(30)4/h6-11,15-16,20,24,28H,12-14,17-19,21H2,1-5H3,(H,34,37)/t24-/m1/s1. The Kier molecular flexibility index (Phi) is 9.99. The first kappa shape index (κ1) is 30.5. The van der Waals surface area contributed by atoms with E-state index in [1.807, 2.05) is 50.5 Å². The molecular weight excluding hydrogens is 538 g/mol. The fourth-order valence-electron chi connectivity index (χ4n) is 5.38. The predicted molar refractivity (Wildman–Crippen MR) is 162 cm³/mol. The summed E-state index contributed by atoms with van der Waals surface area (Å²) in [5.41, 5.74) is 5.72. The number of hydrogen-bond donors (Lipinski definition) is 1. The highest BCUT2D eigenvalue weighted by atomic mass is 32.2. The smallest absolute Gasteiger partial charge is 0.306 e. The number of rotatable bonds is 11. The average Bonchev–Trinajstić information content (AvgIpc) is 2.91. The molecule has 1 amide bonds. The second-order valence-electron chi connectivity index (χ2n) is 11.0. The maximum Gasteiger partial charge on any atom is 0.306 e. The SMILES string of the molecule is Cc1ccncc1CN(c1ccc(OS(C)(=O)=O)cc1)C1CCN(CC[C@@H](C)NC(=O)c2c(C)ccnc2C)CC1. The van der Waals surface area contributed by atoms with Crippen LogP contribution in [0.5, 0.6) is 5.75 Å². The topological polar surface area (TPSA) is 105 Å². The molecule has 10 heteroatoms. The van der Waals surface area contributed by atoms with Crippen LogP contribution in [-0.2, 0) is 16.7 Å². The molecule has 0 radical (unpaired) electrons. The van der Waals surface area contributed by atoms with E-state index in [1.54, 1.807) is 18.3 Å². The molecule has 220 valence electrons. The molecule has 1 aliphatic heterocycles. The Balaban J connectivity index is 1.36. The third-order valence-corrected chi connectivity index (χ3v) is 8.23. The van der Waals surface area contributed by atoms with E-state index in [0.717, 1.165) is 67.7 Å². The van der Waals surface area contributed by atoms with Crippen molar-refractivity contribution in [3.63, 3.8) is 0 Å². The Bertz CT molecular complexity index is 1420. The monoisotopic (exact) mass is 579 g/mol. The van der Waals surface area contributed by atoms with E-state index in [4.69, 9.17) is 4.18 Å². The number of nitrogens with zero attached hydrogens (tertiary/aromatic N) is 4. The zero-order valence-corrected chi connectivity index (χ0v) is 25.4. The second kappa shape index (κ2) is 13.4. The molecule has 1 saturated heterocycles. The van der Waals surface area contributed by atoms with E-state index in [9.17, 15) is 13.2 Å². The molecule has 9 nitrogen and oxygen atoms in total. The van der Waals surface area contributed by atoms with Gasteiger partial charge in [0.1, 0.15) is 5.75 Å². The van der Waals surface area contributed by atoms with Crippen LogP contribution in [0.1, 0.15) is 58.9 Å². The molecule has 0 spiro atoms. The Morgan fingerprint density at radius 1 is 1.07 bits per heavy atom. The van der Waals surface area contributed by atoms with Gasteiger partial charge in [0.2, 0.25) is 0 Å². The highest BCUT2D eigenvalue weighted by Gasteiger charge is 2.26. The van der Waals surface area contributed by atoms with Crippen LogP contribution in [0.15, 0.2) is 55.0 Å². The number of anilines is 1. The molecule has 3 heterocycles. The molecule has 41 heavy (non-hydrogen) atoms. The Morgan fingerprint density at radius 3 is 2.39 bits per heavy atom. The normalized spacial score (nSPS) is 15.3. The van der Waals surface area contributed by atoms with Crippen LogP contribution in [0.25, 0.3) is 0 Å². The van der Waals surface area contributed by atoms with E-state index in [0.29, 0.717) is 23.9 Å². The van der Waals surface area contributed by atoms with Gasteiger partial charge in [-0.3, -0.25) is 14.8 Å². The number of aromatic nitrogens is 2. The first-order chi connectivity index (χ1) is 19.5. The summed E-state index contributed by atoms with van der Waals surface area (Å²) in [6.07, 6.45) is 9.37. The van der Waals surface area contributed by atoms with Gasteiger partial charge in [0.05, 0.1) is 17.5 Å². The largest absolute Gasteiger partial charge is 0.383 e. The number of pyridine rings is 2. The highest BCUT2D eigenvalue weighted by Crippen LogP contribution is 2.29. The first-order valence-corrected chi connectivity index (χ1v) is 15.9. The lowest BCUT2D eigenvalue weighted by molar-refractivity contribution is 0.0932. The van der Waals surface area contributed by atoms with Gasteiger partial charge in [-0.25, -0.2) is 0 Å². The minimum Gasteiger partial charge on any atom is -0.383 e. The van der Waals surface area contributed by atoms with Crippen molar-refractivity contribution in [2.24, 2.45) is 0 Å². The van der Waals surface area contributed by atoms with Crippen molar-refractivity contribution in [3.8, 4) is 5.75 Å². The summed E-state index contributed by atoms with van der Waals surface area (Å²) in [6.45, 7) is 11.5. The van der Waals surface area contributed by atoms with E-state index in [2.05, 4.69) is 38.9 Å². The van der Waals surface area contributed by atoms with Gasteiger partial charge in [-0.15, -0.1) is 0 Å². The number of hydrogen-bond acceptors (Lipinski definition) is 8. The number of piperidine rings is 1. The van der Waals surface area contributed by atoms with Crippen molar-refractivity contribution in [3.05, 3.63) is 82.9 Å². The summed E-state index contributed by atoms with van der Waals surface area (Å²) < 4.78 is 28.1. The summed E-state index contributed by atoms with van der Waals surface area (Å²) in [6, 6.07) is 11.5. The molecule has 4 rings (SSSR count). The Hall–Kier alpha value is -3.50. The first-order valence-electron chi connectivity index (χ1n) is 14.1. The zero-order chi connectivity index (χ0) is 29.6. The molecule has 1 fully saturated rings. The lowest BCUT2D eigenvalue weighted by atomic mass is 10.00. The summed E-state index contributed by atoms with van der Waals surface area (Å²) in [4.78, 5) is 26.3. The number of benzene rings is 1. The van der Waals surface area contributed by atoms with Gasteiger partial charge in [0, 0.05) is 62.5 Å². The van der Waals surface area contributed by atoms with Gasteiger partial charge in [0.15, 0.2) is 0 Å². The van der Waals surface area contributed by atoms with E-state index < -0.39 is 10.1 Å². The number of nitrogens with one attached hydrogen (secondary N) is 1. The molecule has 1 aliphatic rings. The van der Waals surface area contributed by atoms with E-state index in [1.165, 1.54) is 5.56 Å². The molecule has 0 unspecified atom stereocenters. The third kappa shape index (κ3) is 8.50. The van der Waals surface area contributed by atoms with Crippen LogP contribution in [-0.4, -0.2) is 67.2 Å². The van der Waals surface area contributed by atoms with Gasteiger partial charge in [-0.05, 0) is 100 Å². The summed E-state index contributed by atoms with van der Waals surface area (Å²) >= 11 is 0. The van der Waals surface area contributed by atoms with Crippen molar-refractivity contribution >= 4 is 21.7 Å². The number of likely N-dealkylation sites (tertiary alicyclic amines) is 1. The maximum absolute atomic E-state index is 12.9. The van der Waals surface area contributed by atoms with Crippen LogP contribution in [0.3, 0.4) is 0 Å². The molecular formula is C31H41N5O4S. The van der Waals surface area contributed by atoms with E-state index >= 15 is 0 Å². The fraction of sp³-hybridized carbons (Fsp3) is 0.452. The Morgan fingerprint density at radius 2 is 1.76 bits per heavy atom. The van der Waals surface area contributed by atoms with Gasteiger partial charge >= 0.3 is 10.1 Å². The van der Waals surface area contributed by atoms with Gasteiger partial charge in [-0.1, -0.05) is 0 Å². The summed E-state index contributed by atoms with van der Waals surface area (Å²) in [5.74, 6) is 0.243. The minimum atomic E-state index is -3.58. The quantitative estimate of drug-likeness (QED) is 0.333. The summed E-state index contributed by atoms with van der Waals surface area (Å²) in [5, 5.41) is 3.15. The molecule has 1 atom stereocenters. The number of carbonyl (C=O) groups excluding carboxylic acids is 1. The minimum absolute atomic E-state index is 0.0527. The molecule has 0 saturated carbocycles. The van der Waals surface area contributed by atoms with E-state index in [-0.39, 0.29) is 11.9 Å². The van der Waals surface area contributed by atoms with Gasteiger partial charge < -0.3 is 19.3 Å². The van der Waals surface area contributed by atoms with Crippen LogP contribution in [0, 0.1) is 20.8 Å². The molecule has 3 aromatic rings. The third-order valence-electron chi connectivity index (χ3n) is 7.73. The number of aryl methyl sites for hydroxylation is 3. The zero-order valence-electron chi connectivity index (χ0n) is 24.6. The number of amides is 1. The Labute approximate surface area is 244 Å². The predicted octanol–water partition coefficient (Wildman–Crippen LogP) is 4.42.